The van der Waals surface area contributed by atoms with E-state index in [1.165, 1.54) is 18.2 Å². The van der Waals surface area contributed by atoms with Crippen molar-refractivity contribution in [1.29, 1.82) is 0 Å². The van der Waals surface area contributed by atoms with Gasteiger partial charge in [-0.3, -0.25) is 0 Å². The lowest BCUT2D eigenvalue weighted by molar-refractivity contribution is -0.137. The molecule has 0 amide bonds. The molecule has 0 unspecified atom stereocenters. The first-order valence-corrected chi connectivity index (χ1v) is 4.74. The summed E-state index contributed by atoms with van der Waals surface area (Å²) in [7, 11) is 0. The molecule has 0 aliphatic rings. The van der Waals surface area contributed by atoms with Crippen LogP contribution in [0.2, 0.25) is 0 Å². The maximum Gasteiger partial charge on any atom is 0.330 e. The molecule has 2 nitrogen and oxygen atoms in total. The number of ether oxygens (including phenoxy) is 1. The maximum absolute atomic E-state index is 12.8. The topological polar surface area (TPSA) is 26.3 Å². The highest BCUT2D eigenvalue weighted by Crippen LogP contribution is 2.11. The standard InChI is InChI=1S/C12H13FO2/c1-3-15-12(14)7-5-10-4-6-11(13)8-9(10)2/h4-8H,3H2,1-2H3/b7-5-. The Hall–Kier alpha value is -1.64. The monoisotopic (exact) mass is 208 g/mol. The van der Waals surface area contributed by atoms with Gasteiger partial charge in [-0.05, 0) is 43.2 Å². The summed E-state index contributed by atoms with van der Waals surface area (Å²) >= 11 is 0. The molecule has 1 aromatic carbocycles. The van der Waals surface area contributed by atoms with Crippen LogP contribution in [0.15, 0.2) is 24.3 Å². The van der Waals surface area contributed by atoms with Gasteiger partial charge >= 0.3 is 5.97 Å². The number of rotatable bonds is 3. The third kappa shape index (κ3) is 3.54. The van der Waals surface area contributed by atoms with Crippen LogP contribution in [0.4, 0.5) is 4.39 Å². The van der Waals surface area contributed by atoms with E-state index in [1.807, 2.05) is 0 Å². The number of hydrogen-bond acceptors (Lipinski definition) is 2. The minimum absolute atomic E-state index is 0.277. The molecule has 80 valence electrons. The van der Waals surface area contributed by atoms with Crippen molar-refractivity contribution < 1.29 is 13.9 Å². The second kappa shape index (κ2) is 5.29. The fourth-order valence-electron chi connectivity index (χ4n) is 1.17. The summed E-state index contributed by atoms with van der Waals surface area (Å²) in [6, 6.07) is 4.41. The van der Waals surface area contributed by atoms with Crippen molar-refractivity contribution in [2.24, 2.45) is 0 Å². The van der Waals surface area contributed by atoms with Gasteiger partial charge in [0.15, 0.2) is 0 Å². The molecule has 0 saturated carbocycles. The first-order chi connectivity index (χ1) is 7.13. The largest absolute Gasteiger partial charge is 0.463 e. The molecule has 0 bridgehead atoms. The Morgan fingerprint density at radius 3 is 2.87 bits per heavy atom. The molecule has 1 aromatic rings. The Kier molecular flexibility index (Phi) is 4.03. The van der Waals surface area contributed by atoms with Crippen molar-refractivity contribution in [1.82, 2.24) is 0 Å². The second-order valence-corrected chi connectivity index (χ2v) is 3.09. The van der Waals surface area contributed by atoms with E-state index in [9.17, 15) is 9.18 Å². The normalized spacial score (nSPS) is 10.6. The lowest BCUT2D eigenvalue weighted by atomic mass is 10.1. The molecule has 0 aliphatic carbocycles. The van der Waals surface area contributed by atoms with Crippen LogP contribution < -0.4 is 0 Å². The van der Waals surface area contributed by atoms with Crippen LogP contribution in [-0.4, -0.2) is 12.6 Å². The van der Waals surface area contributed by atoms with Crippen molar-refractivity contribution >= 4 is 12.0 Å². The Morgan fingerprint density at radius 2 is 2.27 bits per heavy atom. The van der Waals surface area contributed by atoms with Crippen molar-refractivity contribution in [3.05, 3.63) is 41.2 Å². The third-order valence-corrected chi connectivity index (χ3v) is 1.92. The molecule has 0 heterocycles. The number of benzene rings is 1. The van der Waals surface area contributed by atoms with E-state index >= 15 is 0 Å². The molecule has 0 N–H and O–H groups in total. The molecule has 1 rings (SSSR count). The third-order valence-electron chi connectivity index (χ3n) is 1.92. The zero-order chi connectivity index (χ0) is 11.3. The molecule has 0 aromatic heterocycles. The summed E-state index contributed by atoms with van der Waals surface area (Å²) in [5.74, 6) is -0.665. The predicted octanol–water partition coefficient (Wildman–Crippen LogP) is 2.71. The number of hydrogen-bond donors (Lipinski definition) is 0. The van der Waals surface area contributed by atoms with E-state index in [2.05, 4.69) is 0 Å². The van der Waals surface area contributed by atoms with Crippen LogP contribution >= 0.6 is 0 Å². The second-order valence-electron chi connectivity index (χ2n) is 3.09. The van der Waals surface area contributed by atoms with Gasteiger partial charge in [0.2, 0.25) is 0 Å². The molecule has 0 saturated heterocycles. The highest BCUT2D eigenvalue weighted by Gasteiger charge is 1.98. The summed E-state index contributed by atoms with van der Waals surface area (Å²) in [5.41, 5.74) is 1.60. The van der Waals surface area contributed by atoms with Gasteiger partial charge < -0.3 is 4.74 Å². The quantitative estimate of drug-likeness (QED) is 0.564. The van der Waals surface area contributed by atoms with E-state index < -0.39 is 0 Å². The van der Waals surface area contributed by atoms with Gasteiger partial charge in [0.25, 0.3) is 0 Å². The average molecular weight is 208 g/mol. The number of esters is 1. The minimum Gasteiger partial charge on any atom is -0.463 e. The van der Waals surface area contributed by atoms with Crippen LogP contribution in [0, 0.1) is 12.7 Å². The number of aryl methyl sites for hydroxylation is 1. The fourth-order valence-corrected chi connectivity index (χ4v) is 1.17. The van der Waals surface area contributed by atoms with Gasteiger partial charge in [-0.2, -0.15) is 0 Å². The number of carbonyl (C=O) groups excluding carboxylic acids is 1. The lowest BCUT2D eigenvalue weighted by Crippen LogP contribution is -1.98. The number of carbonyl (C=O) groups is 1. The van der Waals surface area contributed by atoms with Crippen LogP contribution in [0.1, 0.15) is 18.1 Å². The zero-order valence-electron chi connectivity index (χ0n) is 8.79. The molecule has 0 spiro atoms. The van der Waals surface area contributed by atoms with Gasteiger partial charge in [-0.1, -0.05) is 6.07 Å². The Labute approximate surface area is 88.4 Å². The first kappa shape index (κ1) is 11.4. The molecule has 0 radical (unpaired) electrons. The molecule has 0 aliphatic heterocycles. The van der Waals surface area contributed by atoms with Crippen molar-refractivity contribution in [3.8, 4) is 0 Å². The Balaban J connectivity index is 2.76. The predicted molar refractivity (Wildman–Crippen MR) is 56.8 cm³/mol. The highest BCUT2D eigenvalue weighted by atomic mass is 19.1. The molecular formula is C12H13FO2. The summed E-state index contributed by atoms with van der Waals surface area (Å²) in [6.45, 7) is 3.88. The van der Waals surface area contributed by atoms with Gasteiger partial charge in [0.1, 0.15) is 5.82 Å². The van der Waals surface area contributed by atoms with E-state index in [4.69, 9.17) is 4.74 Å². The fraction of sp³-hybridized carbons (Fsp3) is 0.250. The van der Waals surface area contributed by atoms with E-state index in [0.717, 1.165) is 11.1 Å². The summed E-state index contributed by atoms with van der Waals surface area (Å²) in [5, 5.41) is 0. The average Bonchev–Trinajstić information content (AvgIpc) is 2.17. The smallest absolute Gasteiger partial charge is 0.330 e. The van der Waals surface area contributed by atoms with E-state index in [1.54, 1.807) is 26.0 Å². The lowest BCUT2D eigenvalue weighted by Gasteiger charge is -1.99. The van der Waals surface area contributed by atoms with Crippen LogP contribution in [0.3, 0.4) is 0 Å². The first-order valence-electron chi connectivity index (χ1n) is 4.74. The summed E-state index contributed by atoms with van der Waals surface area (Å²) < 4.78 is 17.5. The highest BCUT2D eigenvalue weighted by molar-refractivity contribution is 5.87. The Morgan fingerprint density at radius 1 is 1.53 bits per heavy atom. The van der Waals surface area contributed by atoms with Crippen molar-refractivity contribution in [2.75, 3.05) is 6.61 Å². The van der Waals surface area contributed by atoms with Gasteiger partial charge in [0, 0.05) is 6.08 Å². The Bertz CT molecular complexity index is 383. The molecule has 0 fully saturated rings. The van der Waals surface area contributed by atoms with Crippen LogP contribution in [-0.2, 0) is 9.53 Å². The summed E-state index contributed by atoms with van der Waals surface area (Å²) in [6.07, 6.45) is 2.95. The SMILES string of the molecule is CCOC(=O)/C=C\c1ccc(F)cc1C. The minimum atomic E-state index is -0.388. The van der Waals surface area contributed by atoms with Gasteiger partial charge in [0.05, 0.1) is 6.61 Å². The van der Waals surface area contributed by atoms with Crippen molar-refractivity contribution in [2.45, 2.75) is 13.8 Å². The summed E-state index contributed by atoms with van der Waals surface area (Å²) in [4.78, 5) is 11.0. The molecule has 3 heteroatoms. The van der Waals surface area contributed by atoms with E-state index in [0.29, 0.717) is 6.61 Å². The molecule has 15 heavy (non-hydrogen) atoms. The molecule has 0 atom stereocenters. The van der Waals surface area contributed by atoms with E-state index in [-0.39, 0.29) is 11.8 Å². The van der Waals surface area contributed by atoms with Gasteiger partial charge in [-0.25, -0.2) is 9.18 Å². The van der Waals surface area contributed by atoms with Crippen LogP contribution in [0.25, 0.3) is 6.08 Å². The van der Waals surface area contributed by atoms with Crippen molar-refractivity contribution in [3.63, 3.8) is 0 Å². The number of halogens is 1. The van der Waals surface area contributed by atoms with Gasteiger partial charge in [-0.15, -0.1) is 0 Å². The zero-order valence-corrected chi connectivity index (χ0v) is 8.79. The maximum atomic E-state index is 12.8. The molecular weight excluding hydrogens is 195 g/mol. The van der Waals surface area contributed by atoms with Crippen LogP contribution in [0.5, 0.6) is 0 Å².